The van der Waals surface area contributed by atoms with Crippen LogP contribution in [0.3, 0.4) is 0 Å². The fourth-order valence-electron chi connectivity index (χ4n) is 2.80. The molecule has 2 heterocycles. The van der Waals surface area contributed by atoms with Crippen molar-refractivity contribution >= 4 is 39.7 Å². The van der Waals surface area contributed by atoms with Crippen LogP contribution in [0.1, 0.15) is 24.8 Å². The summed E-state index contributed by atoms with van der Waals surface area (Å²) in [4.78, 5) is 27.5. The number of nitrogens with zero attached hydrogens (tertiary/aromatic N) is 1. The molecule has 142 valence electrons. The molecule has 3 aromatic rings. The number of nitrogens with one attached hydrogen (secondary N) is 2. The van der Waals surface area contributed by atoms with Crippen LogP contribution in [-0.2, 0) is 17.9 Å². The van der Waals surface area contributed by atoms with Gasteiger partial charge in [-0.05, 0) is 54.2 Å². The van der Waals surface area contributed by atoms with Gasteiger partial charge >= 0.3 is 0 Å². The Labute approximate surface area is 165 Å². The van der Waals surface area contributed by atoms with Crippen LogP contribution in [0, 0.1) is 4.77 Å². The Bertz CT molecular complexity index is 1050. The molecule has 8 heteroatoms. The number of thiophene rings is 1. The van der Waals surface area contributed by atoms with Crippen LogP contribution in [0.5, 0.6) is 5.75 Å². The first-order valence-corrected chi connectivity index (χ1v) is 9.97. The molecule has 0 saturated carbocycles. The van der Waals surface area contributed by atoms with Gasteiger partial charge in [-0.15, -0.1) is 11.3 Å². The van der Waals surface area contributed by atoms with Gasteiger partial charge < -0.3 is 15.0 Å². The van der Waals surface area contributed by atoms with Gasteiger partial charge in [-0.3, -0.25) is 14.2 Å². The van der Waals surface area contributed by atoms with Gasteiger partial charge in [0.1, 0.15) is 10.4 Å². The number of carbonyl (C=O) groups excluding carboxylic acids is 1. The summed E-state index contributed by atoms with van der Waals surface area (Å²) in [5.74, 6) is 0.760. The molecule has 0 bridgehead atoms. The Hall–Kier alpha value is -2.45. The number of methoxy groups -OCH3 is 1. The largest absolute Gasteiger partial charge is 0.497 e. The highest BCUT2D eigenvalue weighted by Crippen LogP contribution is 2.14. The molecule has 2 N–H and O–H groups in total. The Kier molecular flexibility index (Phi) is 6.41. The van der Waals surface area contributed by atoms with Gasteiger partial charge in [0.2, 0.25) is 5.91 Å². The molecule has 0 aliphatic carbocycles. The van der Waals surface area contributed by atoms with E-state index in [2.05, 4.69) is 10.3 Å². The molecule has 0 aliphatic rings. The zero-order chi connectivity index (χ0) is 19.2. The average Bonchev–Trinajstić information content (AvgIpc) is 3.14. The highest BCUT2D eigenvalue weighted by Gasteiger charge is 2.07. The minimum Gasteiger partial charge on any atom is -0.497 e. The molecule has 0 atom stereocenters. The van der Waals surface area contributed by atoms with Gasteiger partial charge in [0.05, 0.1) is 12.6 Å². The second-order valence-corrected chi connectivity index (χ2v) is 7.44. The summed E-state index contributed by atoms with van der Waals surface area (Å²) in [5.41, 5.74) is 1.71. The third-order valence-electron chi connectivity index (χ3n) is 4.25. The molecule has 0 aliphatic heterocycles. The Morgan fingerprint density at radius 3 is 3.00 bits per heavy atom. The van der Waals surface area contributed by atoms with Crippen molar-refractivity contribution in [2.24, 2.45) is 0 Å². The first kappa shape index (κ1) is 19.3. The van der Waals surface area contributed by atoms with E-state index in [9.17, 15) is 9.59 Å². The van der Waals surface area contributed by atoms with Gasteiger partial charge in [-0.1, -0.05) is 12.1 Å². The third-order valence-corrected chi connectivity index (χ3v) is 5.48. The lowest BCUT2D eigenvalue weighted by Gasteiger charge is -2.08. The minimum atomic E-state index is -0.0637. The normalized spacial score (nSPS) is 10.9. The summed E-state index contributed by atoms with van der Waals surface area (Å²) in [7, 11) is 1.62. The van der Waals surface area contributed by atoms with Gasteiger partial charge in [0.15, 0.2) is 4.77 Å². The van der Waals surface area contributed by atoms with Crippen molar-refractivity contribution < 1.29 is 9.53 Å². The van der Waals surface area contributed by atoms with Gasteiger partial charge in [0, 0.05) is 19.5 Å². The number of aromatic amines is 1. The number of rotatable bonds is 8. The van der Waals surface area contributed by atoms with E-state index in [0.29, 0.717) is 41.8 Å². The Balaban J connectivity index is 1.47. The predicted octanol–water partition coefficient (Wildman–Crippen LogP) is 3.62. The van der Waals surface area contributed by atoms with E-state index in [1.54, 1.807) is 11.7 Å². The average molecular weight is 404 g/mol. The van der Waals surface area contributed by atoms with Crippen LogP contribution in [0.4, 0.5) is 0 Å². The quantitative estimate of drug-likeness (QED) is 0.445. The van der Waals surface area contributed by atoms with E-state index in [1.165, 1.54) is 11.3 Å². The van der Waals surface area contributed by atoms with Gasteiger partial charge in [0.25, 0.3) is 5.56 Å². The molecule has 27 heavy (non-hydrogen) atoms. The van der Waals surface area contributed by atoms with E-state index in [4.69, 9.17) is 17.0 Å². The maximum atomic E-state index is 12.4. The molecule has 1 aromatic carbocycles. The summed E-state index contributed by atoms with van der Waals surface area (Å²) in [6.07, 6.45) is 1.81. The Morgan fingerprint density at radius 2 is 2.19 bits per heavy atom. The molecule has 3 rings (SSSR count). The van der Waals surface area contributed by atoms with E-state index in [-0.39, 0.29) is 11.5 Å². The molecule has 6 nitrogen and oxygen atoms in total. The van der Waals surface area contributed by atoms with E-state index in [1.807, 2.05) is 35.7 Å². The summed E-state index contributed by atoms with van der Waals surface area (Å²) in [6, 6.07) is 9.46. The zero-order valence-electron chi connectivity index (χ0n) is 15.0. The van der Waals surface area contributed by atoms with Crippen LogP contribution in [0.2, 0.25) is 0 Å². The third kappa shape index (κ3) is 4.84. The number of hydrogen-bond acceptors (Lipinski definition) is 5. The molecule has 0 spiro atoms. The van der Waals surface area contributed by atoms with Crippen LogP contribution in [0.15, 0.2) is 40.5 Å². The number of hydrogen-bond donors (Lipinski definition) is 2. The second-order valence-electron chi connectivity index (χ2n) is 6.14. The zero-order valence-corrected chi connectivity index (χ0v) is 16.6. The molecule has 0 fully saturated rings. The molecule has 0 unspecified atom stereocenters. The van der Waals surface area contributed by atoms with Crippen LogP contribution < -0.4 is 15.6 Å². The van der Waals surface area contributed by atoms with Crippen LogP contribution in [-0.4, -0.2) is 22.6 Å². The van der Waals surface area contributed by atoms with Crippen molar-refractivity contribution in [3.8, 4) is 5.75 Å². The smallest absolute Gasteiger partial charge is 0.272 e. The first-order chi connectivity index (χ1) is 13.1. The lowest BCUT2D eigenvalue weighted by atomic mass is 10.2. The van der Waals surface area contributed by atoms with Crippen LogP contribution >= 0.6 is 23.6 Å². The number of carbonyl (C=O) groups is 1. The number of fused-ring (bicyclic) bond motifs is 1. The second kappa shape index (κ2) is 8.96. The highest BCUT2D eigenvalue weighted by atomic mass is 32.1. The van der Waals surface area contributed by atoms with Crippen molar-refractivity contribution in [1.29, 1.82) is 0 Å². The Morgan fingerprint density at radius 1 is 1.33 bits per heavy atom. The topological polar surface area (TPSA) is 76.1 Å². The van der Waals surface area contributed by atoms with Crippen molar-refractivity contribution in [3.63, 3.8) is 0 Å². The minimum absolute atomic E-state index is 0.0102. The lowest BCUT2D eigenvalue weighted by Crippen LogP contribution is -2.23. The summed E-state index contributed by atoms with van der Waals surface area (Å²) < 4.78 is 7.85. The summed E-state index contributed by atoms with van der Waals surface area (Å²) >= 11 is 6.68. The number of benzene rings is 1. The lowest BCUT2D eigenvalue weighted by molar-refractivity contribution is -0.121. The monoisotopic (exact) mass is 403 g/mol. The van der Waals surface area contributed by atoms with E-state index >= 15 is 0 Å². The SMILES string of the molecule is COc1cccc(CNC(=O)CCCCn2c(=S)[nH]c3ccsc3c2=O)c1. The molecule has 0 saturated heterocycles. The first-order valence-electron chi connectivity index (χ1n) is 8.68. The predicted molar refractivity (Wildman–Crippen MR) is 110 cm³/mol. The molecular weight excluding hydrogens is 382 g/mol. The number of ether oxygens (including phenoxy) is 1. The maximum Gasteiger partial charge on any atom is 0.272 e. The van der Waals surface area contributed by atoms with Crippen molar-refractivity contribution in [1.82, 2.24) is 14.9 Å². The van der Waals surface area contributed by atoms with E-state index in [0.717, 1.165) is 16.8 Å². The fourth-order valence-corrected chi connectivity index (χ4v) is 3.88. The standard InChI is InChI=1S/C19H21N3O3S2/c1-25-14-6-4-5-13(11-14)12-20-16(23)7-2-3-9-22-18(24)17-15(8-10-27-17)21-19(22)26/h4-6,8,10-11H,2-3,7,9,12H2,1H3,(H,20,23)(H,21,26). The van der Waals surface area contributed by atoms with Gasteiger partial charge in [-0.2, -0.15) is 0 Å². The van der Waals surface area contributed by atoms with Crippen molar-refractivity contribution in [3.05, 3.63) is 56.4 Å². The van der Waals surface area contributed by atoms with E-state index < -0.39 is 0 Å². The van der Waals surface area contributed by atoms with Crippen molar-refractivity contribution in [2.75, 3.05) is 7.11 Å². The number of aromatic nitrogens is 2. The van der Waals surface area contributed by atoms with Gasteiger partial charge in [-0.25, -0.2) is 0 Å². The molecule has 0 radical (unpaired) electrons. The highest BCUT2D eigenvalue weighted by molar-refractivity contribution is 7.71. The summed E-state index contributed by atoms with van der Waals surface area (Å²) in [5, 5.41) is 4.77. The summed E-state index contributed by atoms with van der Waals surface area (Å²) in [6.45, 7) is 0.973. The number of unbranched alkanes of at least 4 members (excludes halogenated alkanes) is 1. The maximum absolute atomic E-state index is 12.4. The van der Waals surface area contributed by atoms with Crippen molar-refractivity contribution in [2.45, 2.75) is 32.4 Å². The molecule has 2 aromatic heterocycles. The number of H-pyrrole nitrogens is 1. The number of amides is 1. The van der Waals surface area contributed by atoms with Crippen LogP contribution in [0.25, 0.3) is 10.2 Å². The molecule has 1 amide bonds. The fraction of sp³-hybridized carbons (Fsp3) is 0.316. The molecular formula is C19H21N3O3S2.